The minimum Gasteiger partial charge on any atom is -0.314 e. The van der Waals surface area contributed by atoms with E-state index >= 15 is 0 Å². The van der Waals surface area contributed by atoms with Crippen molar-refractivity contribution in [1.29, 1.82) is 0 Å². The lowest BCUT2D eigenvalue weighted by atomic mass is 10.3. The molecule has 3 heterocycles. The lowest BCUT2D eigenvalue weighted by molar-refractivity contribution is 0.0283. The quantitative estimate of drug-likeness (QED) is 0.705. The number of hydrogen-bond donors (Lipinski definition) is 1. The molecule has 0 atom stereocenters. The van der Waals surface area contributed by atoms with E-state index in [1.807, 2.05) is 6.34 Å². The predicted octanol–water partition coefficient (Wildman–Crippen LogP) is -0.228. The summed E-state index contributed by atoms with van der Waals surface area (Å²) in [5.41, 5.74) is 0.948. The second-order valence-corrected chi connectivity index (χ2v) is 3.87. The van der Waals surface area contributed by atoms with Gasteiger partial charge < -0.3 is 5.32 Å². The van der Waals surface area contributed by atoms with Gasteiger partial charge in [0.2, 0.25) is 0 Å². The lowest BCUT2D eigenvalue weighted by Gasteiger charge is -2.37. The molecule has 3 rings (SSSR count). The summed E-state index contributed by atoms with van der Waals surface area (Å²) in [6, 6.07) is 0. The van der Waals surface area contributed by atoms with Crippen LogP contribution in [0.25, 0.3) is 0 Å². The molecule has 1 N–H and O–H groups in total. The van der Waals surface area contributed by atoms with E-state index in [0.29, 0.717) is 0 Å². The summed E-state index contributed by atoms with van der Waals surface area (Å²) >= 11 is 0. The molecule has 0 aliphatic carbocycles. The molecule has 6 heteroatoms. The average molecular weight is 218 g/mol. The molecular weight excluding hydrogens is 204 g/mol. The first-order chi connectivity index (χ1) is 7.93. The normalized spacial score (nSPS) is 20.9. The van der Waals surface area contributed by atoms with E-state index in [4.69, 9.17) is 0 Å². The van der Waals surface area contributed by atoms with Gasteiger partial charge in [-0.1, -0.05) is 0 Å². The van der Waals surface area contributed by atoms with Gasteiger partial charge in [-0.3, -0.25) is 9.99 Å². The van der Waals surface area contributed by atoms with Crippen molar-refractivity contribution >= 4 is 12.2 Å². The van der Waals surface area contributed by atoms with Crippen molar-refractivity contribution in [2.24, 2.45) is 4.99 Å². The molecule has 16 heavy (non-hydrogen) atoms. The Morgan fingerprint density at radius 3 is 2.81 bits per heavy atom. The van der Waals surface area contributed by atoms with Crippen molar-refractivity contribution in [2.45, 2.75) is 6.54 Å². The van der Waals surface area contributed by atoms with Gasteiger partial charge in [-0.25, -0.2) is 15.0 Å². The first-order valence-electron chi connectivity index (χ1n) is 5.50. The maximum Gasteiger partial charge on any atom is 0.177 e. The van der Waals surface area contributed by atoms with Gasteiger partial charge in [0.05, 0.1) is 6.54 Å². The summed E-state index contributed by atoms with van der Waals surface area (Å²) in [4.78, 5) is 12.8. The zero-order chi connectivity index (χ0) is 10.8. The molecule has 1 saturated heterocycles. The molecule has 0 radical (unpaired) electrons. The highest BCUT2D eigenvalue weighted by Crippen LogP contribution is 2.19. The molecule has 1 fully saturated rings. The highest BCUT2D eigenvalue weighted by Gasteiger charge is 2.20. The van der Waals surface area contributed by atoms with Gasteiger partial charge in [0, 0.05) is 38.6 Å². The van der Waals surface area contributed by atoms with Crippen molar-refractivity contribution in [3.05, 3.63) is 18.1 Å². The van der Waals surface area contributed by atoms with Crippen LogP contribution in [0.5, 0.6) is 0 Å². The Hall–Kier alpha value is -1.53. The maximum atomic E-state index is 4.31. The zero-order valence-corrected chi connectivity index (χ0v) is 9.00. The molecule has 0 aromatic carbocycles. The number of rotatable bonds is 1. The number of nitrogens with zero attached hydrogens (tertiary/aromatic N) is 5. The number of fused-ring (bicyclic) bond motifs is 1. The van der Waals surface area contributed by atoms with E-state index in [2.05, 4.69) is 30.3 Å². The summed E-state index contributed by atoms with van der Waals surface area (Å²) in [7, 11) is 0. The SMILES string of the molecule is C1=Nc2nccnc2CN1N1CCNCC1. The Bertz CT molecular complexity index is 398. The molecule has 0 bridgehead atoms. The number of nitrogens with one attached hydrogen (secondary N) is 1. The second kappa shape index (κ2) is 4.15. The van der Waals surface area contributed by atoms with Crippen molar-refractivity contribution < 1.29 is 0 Å². The van der Waals surface area contributed by atoms with Gasteiger partial charge in [-0.05, 0) is 0 Å². The molecular formula is C10H14N6. The summed E-state index contributed by atoms with van der Waals surface area (Å²) in [5.74, 6) is 0.744. The van der Waals surface area contributed by atoms with Crippen molar-refractivity contribution in [3.8, 4) is 0 Å². The summed E-state index contributed by atoms with van der Waals surface area (Å²) < 4.78 is 0. The smallest absolute Gasteiger partial charge is 0.177 e. The first kappa shape index (κ1) is 9.68. The predicted molar refractivity (Wildman–Crippen MR) is 60.2 cm³/mol. The number of hydrogen-bond acceptors (Lipinski definition) is 6. The lowest BCUT2D eigenvalue weighted by Crippen LogP contribution is -2.52. The van der Waals surface area contributed by atoms with Crippen LogP contribution in [0.3, 0.4) is 0 Å². The van der Waals surface area contributed by atoms with Gasteiger partial charge in [0.25, 0.3) is 0 Å². The van der Waals surface area contributed by atoms with Crippen molar-refractivity contribution in [2.75, 3.05) is 26.2 Å². The Morgan fingerprint density at radius 1 is 1.12 bits per heavy atom. The van der Waals surface area contributed by atoms with Gasteiger partial charge >= 0.3 is 0 Å². The average Bonchev–Trinajstić information content (AvgIpc) is 2.39. The van der Waals surface area contributed by atoms with Crippen LogP contribution < -0.4 is 5.32 Å². The molecule has 0 unspecified atom stereocenters. The number of hydrazine groups is 1. The van der Waals surface area contributed by atoms with Crippen LogP contribution in [0.15, 0.2) is 17.4 Å². The van der Waals surface area contributed by atoms with E-state index in [-0.39, 0.29) is 0 Å². The Labute approximate surface area is 94.0 Å². The second-order valence-electron chi connectivity index (χ2n) is 3.87. The Morgan fingerprint density at radius 2 is 1.94 bits per heavy atom. The monoisotopic (exact) mass is 218 g/mol. The molecule has 0 amide bonds. The van der Waals surface area contributed by atoms with E-state index in [1.54, 1.807) is 12.4 Å². The minimum atomic E-state index is 0.744. The molecule has 1 aromatic heterocycles. The molecule has 0 spiro atoms. The van der Waals surface area contributed by atoms with Crippen LogP contribution >= 0.6 is 0 Å². The third-order valence-electron chi connectivity index (χ3n) is 2.83. The number of aromatic nitrogens is 2. The van der Waals surface area contributed by atoms with E-state index in [0.717, 1.165) is 44.2 Å². The van der Waals surface area contributed by atoms with Crippen LogP contribution in [0.2, 0.25) is 0 Å². The Kier molecular flexibility index (Phi) is 2.51. The van der Waals surface area contributed by atoms with Crippen LogP contribution in [0.1, 0.15) is 5.69 Å². The largest absolute Gasteiger partial charge is 0.314 e. The number of piperazine rings is 1. The molecule has 84 valence electrons. The summed E-state index contributed by atoms with van der Waals surface area (Å²) in [6.45, 7) is 4.85. The Balaban J connectivity index is 1.77. The van der Waals surface area contributed by atoms with E-state index in [1.165, 1.54) is 0 Å². The maximum absolute atomic E-state index is 4.31. The third-order valence-corrected chi connectivity index (χ3v) is 2.83. The first-order valence-corrected chi connectivity index (χ1v) is 5.50. The highest BCUT2D eigenvalue weighted by molar-refractivity contribution is 5.63. The van der Waals surface area contributed by atoms with Crippen molar-refractivity contribution in [3.63, 3.8) is 0 Å². The van der Waals surface area contributed by atoms with E-state index < -0.39 is 0 Å². The molecule has 1 aromatic rings. The standard InChI is InChI=1S/C10H14N6/c1-2-13-10-9(12-1)7-16(8-14-10)15-5-3-11-4-6-15/h1-2,8,11H,3-7H2. The van der Waals surface area contributed by atoms with Crippen LogP contribution in [0.4, 0.5) is 5.82 Å². The topological polar surface area (TPSA) is 56.7 Å². The van der Waals surface area contributed by atoms with Gasteiger partial charge in [-0.15, -0.1) is 0 Å². The van der Waals surface area contributed by atoms with E-state index in [9.17, 15) is 0 Å². The van der Waals surface area contributed by atoms with Gasteiger partial charge in [0.15, 0.2) is 5.82 Å². The third kappa shape index (κ3) is 1.77. The van der Waals surface area contributed by atoms with Gasteiger partial charge in [-0.2, -0.15) is 0 Å². The fraction of sp³-hybridized carbons (Fsp3) is 0.500. The van der Waals surface area contributed by atoms with Crippen LogP contribution in [-0.2, 0) is 6.54 Å². The van der Waals surface area contributed by atoms with Crippen molar-refractivity contribution in [1.82, 2.24) is 25.3 Å². The molecule has 6 nitrogen and oxygen atoms in total. The fourth-order valence-electron chi connectivity index (χ4n) is 1.98. The zero-order valence-electron chi connectivity index (χ0n) is 9.00. The minimum absolute atomic E-state index is 0.744. The fourth-order valence-corrected chi connectivity index (χ4v) is 1.98. The molecule has 2 aliphatic heterocycles. The highest BCUT2D eigenvalue weighted by atomic mass is 15.6. The van der Waals surface area contributed by atoms with Gasteiger partial charge in [0.1, 0.15) is 12.0 Å². The number of aliphatic imine (C=N–C) groups is 1. The summed E-state index contributed by atoms with van der Waals surface area (Å²) in [6.07, 6.45) is 5.24. The van der Waals surface area contributed by atoms with Crippen LogP contribution in [0, 0.1) is 0 Å². The molecule has 0 saturated carbocycles. The van der Waals surface area contributed by atoms with Crippen LogP contribution in [-0.4, -0.2) is 52.5 Å². The summed E-state index contributed by atoms with van der Waals surface area (Å²) in [5, 5.41) is 7.74. The molecule has 2 aliphatic rings.